The van der Waals surface area contributed by atoms with E-state index in [0.717, 1.165) is 11.1 Å². The molecule has 5 rings (SSSR count). The number of aromatic nitrogens is 3. The molecule has 0 fully saturated rings. The van der Waals surface area contributed by atoms with Gasteiger partial charge in [-0.05, 0) is 24.3 Å². The van der Waals surface area contributed by atoms with E-state index in [2.05, 4.69) is 15.2 Å². The molecule has 4 aromatic rings. The van der Waals surface area contributed by atoms with Crippen LogP contribution in [0.15, 0.2) is 76.6 Å². The molecule has 0 saturated heterocycles. The smallest absolute Gasteiger partial charge is 0.277 e. The maximum absolute atomic E-state index is 14.1. The second kappa shape index (κ2) is 8.25. The first-order chi connectivity index (χ1) is 14.8. The first kappa shape index (κ1) is 18.8. The van der Waals surface area contributed by atoms with E-state index in [-0.39, 0.29) is 12.4 Å². The molecule has 8 heteroatoms. The highest BCUT2D eigenvalue weighted by atomic mass is 32.2. The number of thioether (sulfide) groups is 1. The van der Waals surface area contributed by atoms with Crippen molar-refractivity contribution in [2.45, 2.75) is 23.9 Å². The molecule has 6 nitrogen and oxygen atoms in total. The summed E-state index contributed by atoms with van der Waals surface area (Å²) in [4.78, 5) is 4.05. The zero-order valence-electron chi connectivity index (χ0n) is 15.7. The molecule has 2 aromatic heterocycles. The standard InChI is InChI=1S/C22H16FN3O3S/c23-18-9-16-12-27-21(14-5-2-1-3-6-14)28-19(16)17(10-18)13-30-22-26-25-20(29-22)15-7-4-8-24-11-15/h1-11,21H,12-13H2/t21-/m0/s1. The van der Waals surface area contributed by atoms with Crippen molar-refractivity contribution in [2.24, 2.45) is 0 Å². The van der Waals surface area contributed by atoms with Crippen LogP contribution in [0, 0.1) is 5.82 Å². The predicted molar refractivity (Wildman–Crippen MR) is 108 cm³/mol. The Morgan fingerprint density at radius 2 is 1.97 bits per heavy atom. The number of fused-ring (bicyclic) bond motifs is 1. The molecule has 1 aliphatic rings. The lowest BCUT2D eigenvalue weighted by atomic mass is 10.1. The zero-order chi connectivity index (χ0) is 20.3. The Balaban J connectivity index is 1.36. The number of rotatable bonds is 5. The fraction of sp³-hybridized carbons (Fsp3) is 0.136. The minimum absolute atomic E-state index is 0.274. The van der Waals surface area contributed by atoms with Crippen molar-refractivity contribution >= 4 is 11.8 Å². The van der Waals surface area contributed by atoms with Crippen molar-refractivity contribution in [3.05, 3.63) is 89.5 Å². The van der Waals surface area contributed by atoms with Crippen LogP contribution in [-0.4, -0.2) is 15.2 Å². The van der Waals surface area contributed by atoms with Crippen molar-refractivity contribution in [1.29, 1.82) is 0 Å². The lowest BCUT2D eigenvalue weighted by molar-refractivity contribution is -0.112. The molecule has 30 heavy (non-hydrogen) atoms. The molecule has 150 valence electrons. The van der Waals surface area contributed by atoms with Gasteiger partial charge < -0.3 is 13.9 Å². The first-order valence-corrected chi connectivity index (χ1v) is 10.3. The SMILES string of the molecule is Fc1cc2c(c(CSc3nnc(-c4cccnc4)o3)c1)O[C@@H](c1ccccc1)OC2. The molecular formula is C22H16FN3O3S. The van der Waals surface area contributed by atoms with Gasteiger partial charge in [-0.2, -0.15) is 0 Å². The van der Waals surface area contributed by atoms with Crippen LogP contribution in [0.5, 0.6) is 5.75 Å². The molecule has 0 amide bonds. The summed E-state index contributed by atoms with van der Waals surface area (Å²) in [5, 5.41) is 8.50. The Bertz CT molecular complexity index is 1160. The van der Waals surface area contributed by atoms with Gasteiger partial charge in [-0.25, -0.2) is 4.39 Å². The Labute approximate surface area is 176 Å². The normalized spacial score (nSPS) is 15.4. The lowest BCUT2D eigenvalue weighted by Crippen LogP contribution is -2.19. The molecule has 0 unspecified atom stereocenters. The van der Waals surface area contributed by atoms with Crippen molar-refractivity contribution in [1.82, 2.24) is 15.2 Å². The van der Waals surface area contributed by atoms with E-state index in [1.54, 1.807) is 18.5 Å². The van der Waals surface area contributed by atoms with Crippen molar-refractivity contribution in [3.63, 3.8) is 0 Å². The zero-order valence-corrected chi connectivity index (χ0v) is 16.5. The fourth-order valence-electron chi connectivity index (χ4n) is 3.17. The Hall–Kier alpha value is -3.23. The van der Waals surface area contributed by atoms with Crippen LogP contribution in [0.25, 0.3) is 11.5 Å². The van der Waals surface area contributed by atoms with E-state index in [1.807, 2.05) is 36.4 Å². The van der Waals surface area contributed by atoms with Crippen LogP contribution in [0.4, 0.5) is 4.39 Å². The quantitative estimate of drug-likeness (QED) is 0.412. The van der Waals surface area contributed by atoms with Crippen LogP contribution in [-0.2, 0) is 17.1 Å². The van der Waals surface area contributed by atoms with Gasteiger partial charge >= 0.3 is 0 Å². The van der Waals surface area contributed by atoms with Crippen molar-refractivity contribution in [2.75, 3.05) is 0 Å². The molecule has 0 saturated carbocycles. The summed E-state index contributed by atoms with van der Waals surface area (Å²) in [6.07, 6.45) is 2.80. The second-order valence-corrected chi connectivity index (χ2v) is 7.55. The number of hydrogen-bond donors (Lipinski definition) is 0. The predicted octanol–water partition coefficient (Wildman–Crippen LogP) is 5.17. The number of nitrogens with zero attached hydrogens (tertiary/aromatic N) is 3. The largest absolute Gasteiger partial charge is 0.460 e. The first-order valence-electron chi connectivity index (χ1n) is 9.27. The molecule has 2 aromatic carbocycles. The molecule has 3 heterocycles. The minimum Gasteiger partial charge on any atom is -0.460 e. The third kappa shape index (κ3) is 3.92. The lowest BCUT2D eigenvalue weighted by Gasteiger charge is -2.28. The van der Waals surface area contributed by atoms with E-state index in [0.29, 0.717) is 33.7 Å². The highest BCUT2D eigenvalue weighted by Gasteiger charge is 2.25. The number of halogens is 1. The molecule has 0 N–H and O–H groups in total. The van der Waals surface area contributed by atoms with Gasteiger partial charge in [-0.15, -0.1) is 10.2 Å². The summed E-state index contributed by atoms with van der Waals surface area (Å²) in [7, 11) is 0. The minimum atomic E-state index is -0.534. The molecule has 1 atom stereocenters. The number of ether oxygens (including phenoxy) is 2. The summed E-state index contributed by atoms with van der Waals surface area (Å²) in [5.74, 6) is 1.10. The van der Waals surface area contributed by atoms with Crippen LogP contribution < -0.4 is 4.74 Å². The average molecular weight is 421 g/mol. The van der Waals surface area contributed by atoms with Gasteiger partial charge in [0.1, 0.15) is 11.6 Å². The molecule has 0 bridgehead atoms. The Morgan fingerprint density at radius 3 is 2.80 bits per heavy atom. The topological polar surface area (TPSA) is 70.3 Å². The number of benzene rings is 2. The van der Waals surface area contributed by atoms with Gasteiger partial charge in [0.2, 0.25) is 12.2 Å². The highest BCUT2D eigenvalue weighted by molar-refractivity contribution is 7.98. The van der Waals surface area contributed by atoms with Gasteiger partial charge in [-0.1, -0.05) is 42.1 Å². The highest BCUT2D eigenvalue weighted by Crippen LogP contribution is 2.39. The average Bonchev–Trinajstić information content (AvgIpc) is 3.27. The maximum Gasteiger partial charge on any atom is 0.277 e. The summed E-state index contributed by atoms with van der Waals surface area (Å²) in [6.45, 7) is 0.274. The van der Waals surface area contributed by atoms with E-state index in [1.165, 1.54) is 23.9 Å². The molecule has 0 radical (unpaired) electrons. The summed E-state index contributed by atoms with van der Waals surface area (Å²) < 4.78 is 31.7. The Kier molecular flexibility index (Phi) is 5.17. The third-order valence-corrected chi connectivity index (χ3v) is 5.43. The van der Waals surface area contributed by atoms with Gasteiger partial charge in [0.05, 0.1) is 12.2 Å². The third-order valence-electron chi connectivity index (χ3n) is 4.56. The monoisotopic (exact) mass is 421 g/mol. The van der Waals surface area contributed by atoms with Crippen molar-refractivity contribution in [3.8, 4) is 17.2 Å². The summed E-state index contributed by atoms with van der Waals surface area (Å²) in [5.41, 5.74) is 3.04. The molecule has 0 spiro atoms. The van der Waals surface area contributed by atoms with E-state index in [4.69, 9.17) is 13.9 Å². The maximum atomic E-state index is 14.1. The van der Waals surface area contributed by atoms with Crippen LogP contribution in [0.1, 0.15) is 23.0 Å². The fourth-order valence-corrected chi connectivity index (χ4v) is 3.90. The van der Waals surface area contributed by atoms with Gasteiger partial charge in [0.25, 0.3) is 5.22 Å². The summed E-state index contributed by atoms with van der Waals surface area (Å²) in [6, 6.07) is 16.2. The molecule has 1 aliphatic heterocycles. The molecule has 0 aliphatic carbocycles. The summed E-state index contributed by atoms with van der Waals surface area (Å²) >= 11 is 1.32. The number of pyridine rings is 1. The van der Waals surface area contributed by atoms with Crippen LogP contribution >= 0.6 is 11.8 Å². The second-order valence-electron chi connectivity index (χ2n) is 6.63. The molecular weight excluding hydrogens is 405 g/mol. The van der Waals surface area contributed by atoms with Crippen LogP contribution in [0.2, 0.25) is 0 Å². The van der Waals surface area contributed by atoms with Gasteiger partial charge in [-0.3, -0.25) is 4.98 Å². The van der Waals surface area contributed by atoms with E-state index < -0.39 is 6.29 Å². The Morgan fingerprint density at radius 1 is 1.07 bits per heavy atom. The van der Waals surface area contributed by atoms with E-state index in [9.17, 15) is 4.39 Å². The van der Waals surface area contributed by atoms with E-state index >= 15 is 0 Å². The van der Waals surface area contributed by atoms with Crippen LogP contribution in [0.3, 0.4) is 0 Å². The van der Waals surface area contributed by atoms with Crippen molar-refractivity contribution < 1.29 is 18.3 Å². The van der Waals surface area contributed by atoms with Gasteiger partial charge in [0, 0.05) is 34.8 Å². The number of hydrogen-bond acceptors (Lipinski definition) is 7. The van der Waals surface area contributed by atoms with Gasteiger partial charge in [0.15, 0.2) is 0 Å².